The molecule has 1 unspecified atom stereocenters. The van der Waals surface area contributed by atoms with E-state index in [1.807, 2.05) is 0 Å². The third kappa shape index (κ3) is 4.35. The predicted octanol–water partition coefficient (Wildman–Crippen LogP) is 3.59. The average molecular weight is 413 g/mol. The lowest BCUT2D eigenvalue weighted by Gasteiger charge is -2.34. The molecule has 0 spiro atoms. The first-order valence-corrected chi connectivity index (χ1v) is 10.0. The van der Waals surface area contributed by atoms with Crippen molar-refractivity contribution in [2.75, 3.05) is 19.6 Å². The van der Waals surface area contributed by atoms with Crippen LogP contribution in [0.4, 0.5) is 13.2 Å². The summed E-state index contributed by atoms with van der Waals surface area (Å²) in [5, 5.41) is 3.47. The summed E-state index contributed by atoms with van der Waals surface area (Å²) in [6, 6.07) is 3.30. The molecule has 1 atom stereocenters. The molecule has 26 heavy (non-hydrogen) atoms. The molecule has 0 aliphatic carbocycles. The fraction of sp³-hybridized carbons (Fsp3) is 0.647. The van der Waals surface area contributed by atoms with Gasteiger partial charge >= 0.3 is 6.18 Å². The first kappa shape index (κ1) is 21.5. The SMILES string of the molecule is Cc1cc(C(F)(F)F)ccc1S(=O)(=O)N1CCC(C2CCCN2)CC1.Cl. The third-order valence-electron chi connectivity index (χ3n) is 5.29. The summed E-state index contributed by atoms with van der Waals surface area (Å²) in [5.41, 5.74) is -0.690. The normalized spacial score (nSPS) is 23.0. The number of alkyl halides is 3. The molecule has 0 aromatic heterocycles. The molecule has 0 saturated carbocycles. The number of halogens is 4. The van der Waals surface area contributed by atoms with E-state index in [2.05, 4.69) is 5.32 Å². The Labute approximate surface area is 158 Å². The fourth-order valence-corrected chi connectivity index (χ4v) is 5.56. The topological polar surface area (TPSA) is 49.4 Å². The average Bonchev–Trinajstić information content (AvgIpc) is 3.08. The number of nitrogens with one attached hydrogen (secondary N) is 1. The van der Waals surface area contributed by atoms with E-state index in [9.17, 15) is 21.6 Å². The van der Waals surface area contributed by atoms with Crippen LogP contribution in [0, 0.1) is 12.8 Å². The van der Waals surface area contributed by atoms with Crippen molar-refractivity contribution >= 4 is 22.4 Å². The van der Waals surface area contributed by atoms with Crippen LogP contribution in [-0.4, -0.2) is 38.4 Å². The van der Waals surface area contributed by atoms with E-state index in [4.69, 9.17) is 0 Å². The minimum atomic E-state index is -4.47. The number of aryl methyl sites for hydroxylation is 1. The van der Waals surface area contributed by atoms with E-state index in [1.54, 1.807) is 0 Å². The van der Waals surface area contributed by atoms with Crippen molar-refractivity contribution in [3.05, 3.63) is 29.3 Å². The van der Waals surface area contributed by atoms with Gasteiger partial charge in [-0.2, -0.15) is 17.5 Å². The van der Waals surface area contributed by atoms with Crippen LogP contribution >= 0.6 is 12.4 Å². The smallest absolute Gasteiger partial charge is 0.314 e. The van der Waals surface area contributed by atoms with Crippen LogP contribution in [-0.2, 0) is 16.2 Å². The Balaban J connectivity index is 0.00000243. The lowest BCUT2D eigenvalue weighted by molar-refractivity contribution is -0.137. The molecule has 9 heteroatoms. The molecule has 1 N–H and O–H groups in total. The number of rotatable bonds is 3. The molecule has 2 heterocycles. The number of piperidine rings is 1. The molecule has 2 aliphatic heterocycles. The Morgan fingerprint density at radius 1 is 1.15 bits per heavy atom. The van der Waals surface area contributed by atoms with Crippen LogP contribution in [0.2, 0.25) is 0 Å². The maximum atomic E-state index is 12.8. The van der Waals surface area contributed by atoms with Crippen LogP contribution in [0.3, 0.4) is 0 Å². The molecule has 2 aliphatic rings. The van der Waals surface area contributed by atoms with Gasteiger partial charge in [0.1, 0.15) is 0 Å². The van der Waals surface area contributed by atoms with Gasteiger partial charge in [0.05, 0.1) is 10.5 Å². The summed E-state index contributed by atoms with van der Waals surface area (Å²) in [6.45, 7) is 3.28. The molecular weight excluding hydrogens is 389 g/mol. The van der Waals surface area contributed by atoms with E-state index >= 15 is 0 Å². The number of nitrogens with zero attached hydrogens (tertiary/aromatic N) is 1. The zero-order chi connectivity index (χ0) is 18.2. The summed E-state index contributed by atoms with van der Waals surface area (Å²) in [6.07, 6.45) is -0.601. The summed E-state index contributed by atoms with van der Waals surface area (Å²) < 4.78 is 65.4. The largest absolute Gasteiger partial charge is 0.416 e. The van der Waals surface area contributed by atoms with E-state index in [-0.39, 0.29) is 22.9 Å². The van der Waals surface area contributed by atoms with Crippen LogP contribution in [0.1, 0.15) is 36.8 Å². The highest BCUT2D eigenvalue weighted by Gasteiger charge is 2.35. The lowest BCUT2D eigenvalue weighted by Crippen LogP contribution is -2.43. The van der Waals surface area contributed by atoms with Crippen molar-refractivity contribution < 1.29 is 21.6 Å². The highest BCUT2D eigenvalue weighted by molar-refractivity contribution is 7.89. The maximum absolute atomic E-state index is 12.8. The Morgan fingerprint density at radius 3 is 2.31 bits per heavy atom. The van der Waals surface area contributed by atoms with Crippen LogP contribution in [0.5, 0.6) is 0 Å². The first-order chi connectivity index (χ1) is 11.7. The number of sulfonamides is 1. The van der Waals surface area contributed by atoms with Crippen molar-refractivity contribution in [2.24, 2.45) is 5.92 Å². The molecule has 3 rings (SSSR count). The zero-order valence-electron chi connectivity index (χ0n) is 14.6. The van der Waals surface area contributed by atoms with Crippen LogP contribution in [0.15, 0.2) is 23.1 Å². The highest BCUT2D eigenvalue weighted by Crippen LogP contribution is 2.33. The van der Waals surface area contributed by atoms with Crippen molar-refractivity contribution in [1.82, 2.24) is 9.62 Å². The van der Waals surface area contributed by atoms with Gasteiger partial charge in [0.15, 0.2) is 0 Å². The molecule has 148 valence electrons. The van der Waals surface area contributed by atoms with Crippen LogP contribution in [0.25, 0.3) is 0 Å². The predicted molar refractivity (Wildman–Crippen MR) is 95.9 cm³/mol. The molecule has 2 fully saturated rings. The van der Waals surface area contributed by atoms with E-state index < -0.39 is 21.8 Å². The van der Waals surface area contributed by atoms with Crippen LogP contribution < -0.4 is 5.32 Å². The second kappa shape index (κ2) is 8.04. The summed E-state index contributed by atoms with van der Waals surface area (Å²) in [5.74, 6) is 0.475. The van der Waals surface area contributed by atoms with Gasteiger partial charge in [0.25, 0.3) is 0 Å². The molecule has 1 aromatic carbocycles. The van der Waals surface area contributed by atoms with Gasteiger partial charge < -0.3 is 5.32 Å². The van der Waals surface area contributed by atoms with Crippen molar-refractivity contribution in [3.63, 3.8) is 0 Å². The zero-order valence-corrected chi connectivity index (χ0v) is 16.2. The van der Waals surface area contributed by atoms with Crippen molar-refractivity contribution in [2.45, 2.75) is 49.7 Å². The maximum Gasteiger partial charge on any atom is 0.416 e. The molecule has 0 radical (unpaired) electrons. The molecule has 2 saturated heterocycles. The monoisotopic (exact) mass is 412 g/mol. The molecular formula is C17H24ClF3N2O2S. The van der Waals surface area contributed by atoms with Gasteiger partial charge in [-0.15, -0.1) is 12.4 Å². The molecule has 0 bridgehead atoms. The minimum Gasteiger partial charge on any atom is -0.314 e. The second-order valence-corrected chi connectivity index (χ2v) is 8.83. The Hall–Kier alpha value is -0.830. The Morgan fingerprint density at radius 2 is 1.81 bits per heavy atom. The van der Waals surface area contributed by atoms with Gasteiger partial charge in [0, 0.05) is 19.1 Å². The minimum absolute atomic E-state index is 0. The molecule has 0 amide bonds. The molecule has 4 nitrogen and oxygen atoms in total. The van der Waals surface area contributed by atoms with Gasteiger partial charge in [-0.3, -0.25) is 0 Å². The first-order valence-electron chi connectivity index (χ1n) is 8.61. The van der Waals surface area contributed by atoms with Gasteiger partial charge in [-0.1, -0.05) is 0 Å². The Bertz CT molecular complexity index is 726. The Kier molecular flexibility index (Phi) is 6.64. The van der Waals surface area contributed by atoms with E-state index in [0.29, 0.717) is 25.0 Å². The summed E-state index contributed by atoms with van der Waals surface area (Å²) in [4.78, 5) is -0.0297. The van der Waals surface area contributed by atoms with Gasteiger partial charge in [0.2, 0.25) is 10.0 Å². The van der Waals surface area contributed by atoms with E-state index in [0.717, 1.165) is 50.4 Å². The summed E-state index contributed by atoms with van der Waals surface area (Å²) >= 11 is 0. The fourth-order valence-electron chi connectivity index (χ4n) is 3.89. The van der Waals surface area contributed by atoms with Gasteiger partial charge in [-0.05, 0) is 68.8 Å². The molecule has 1 aromatic rings. The summed E-state index contributed by atoms with van der Waals surface area (Å²) in [7, 11) is -3.76. The number of hydrogen-bond donors (Lipinski definition) is 1. The van der Waals surface area contributed by atoms with Gasteiger partial charge in [-0.25, -0.2) is 8.42 Å². The standard InChI is InChI=1S/C17H23F3N2O2S.ClH/c1-12-11-14(17(18,19)20)4-5-16(12)25(23,24)22-9-6-13(7-10-22)15-3-2-8-21-15;/h4-5,11,13,15,21H,2-3,6-10H2,1H3;1H. The lowest BCUT2D eigenvalue weighted by atomic mass is 9.89. The van der Waals surface area contributed by atoms with E-state index in [1.165, 1.54) is 11.2 Å². The number of benzene rings is 1. The van der Waals surface area contributed by atoms with Crippen molar-refractivity contribution in [1.29, 1.82) is 0 Å². The second-order valence-electron chi connectivity index (χ2n) is 6.92. The van der Waals surface area contributed by atoms with Crippen molar-refractivity contribution in [3.8, 4) is 0 Å². The quantitative estimate of drug-likeness (QED) is 0.825. The number of hydrogen-bond acceptors (Lipinski definition) is 3. The third-order valence-corrected chi connectivity index (χ3v) is 7.34. The highest BCUT2D eigenvalue weighted by atomic mass is 35.5.